The van der Waals surface area contributed by atoms with E-state index >= 15 is 0 Å². The van der Waals surface area contributed by atoms with Crippen molar-refractivity contribution in [3.63, 3.8) is 0 Å². The van der Waals surface area contributed by atoms with Crippen molar-refractivity contribution in [2.45, 2.75) is 19.0 Å². The summed E-state index contributed by atoms with van der Waals surface area (Å²) in [4.78, 5) is 36.5. The van der Waals surface area contributed by atoms with E-state index in [0.29, 0.717) is 6.42 Å². The van der Waals surface area contributed by atoms with Crippen LogP contribution in [-0.2, 0) is 36.8 Å². The molecule has 1 aliphatic heterocycles. The molecule has 2 rings (SSSR count). The topological polar surface area (TPSA) is 72.9 Å². The van der Waals surface area contributed by atoms with Gasteiger partial charge in [0.25, 0.3) is 0 Å². The largest absolute Gasteiger partial charge is 0.467 e. The van der Waals surface area contributed by atoms with Crippen LogP contribution in [0.25, 0.3) is 0 Å². The van der Waals surface area contributed by atoms with E-state index < -0.39 is 23.9 Å². The molecule has 0 N–H and O–H groups in total. The van der Waals surface area contributed by atoms with E-state index in [1.165, 1.54) is 12.0 Å². The van der Waals surface area contributed by atoms with E-state index in [4.69, 9.17) is 4.74 Å². The third-order valence-corrected chi connectivity index (χ3v) is 3.34. The number of ether oxygens (including phenoxy) is 2. The van der Waals surface area contributed by atoms with Crippen LogP contribution in [0.3, 0.4) is 0 Å². The lowest BCUT2D eigenvalue weighted by Gasteiger charge is -2.34. The average Bonchev–Trinajstić information content (AvgIpc) is 2.51. The van der Waals surface area contributed by atoms with Gasteiger partial charge >= 0.3 is 17.8 Å². The second-order valence-corrected chi connectivity index (χ2v) is 4.44. The maximum atomic E-state index is 12.0. The molecule has 0 aliphatic carbocycles. The summed E-state index contributed by atoms with van der Waals surface area (Å²) in [6.07, 6.45) is 0.325. The molecule has 1 aromatic carbocycles. The van der Waals surface area contributed by atoms with Gasteiger partial charge in [-0.15, -0.1) is 0 Å². The van der Waals surface area contributed by atoms with Crippen LogP contribution in [0.1, 0.15) is 11.1 Å². The van der Waals surface area contributed by atoms with Gasteiger partial charge < -0.3 is 14.4 Å². The fourth-order valence-corrected chi connectivity index (χ4v) is 2.29. The molecule has 0 radical (unpaired) electrons. The lowest BCUT2D eigenvalue weighted by Crippen LogP contribution is -2.51. The zero-order chi connectivity index (χ0) is 14.7. The fourth-order valence-electron chi connectivity index (χ4n) is 2.29. The first-order valence-corrected chi connectivity index (χ1v) is 6.12. The number of nitrogens with zero attached hydrogens (tertiary/aromatic N) is 1. The molecule has 6 heteroatoms. The highest BCUT2D eigenvalue weighted by molar-refractivity contribution is 6.32. The minimum absolute atomic E-state index is 0.184. The van der Waals surface area contributed by atoms with Crippen molar-refractivity contribution in [1.82, 2.24) is 4.90 Å². The minimum atomic E-state index is -0.988. The Hall–Kier alpha value is -2.37. The maximum absolute atomic E-state index is 12.0. The molecule has 0 spiro atoms. The van der Waals surface area contributed by atoms with Gasteiger partial charge in [-0.25, -0.2) is 9.59 Å². The molecule has 1 aliphatic rings. The lowest BCUT2D eigenvalue weighted by molar-refractivity contribution is -0.164. The van der Waals surface area contributed by atoms with Crippen LogP contribution in [0, 0.1) is 0 Å². The predicted octanol–water partition coefficient (Wildman–Crippen LogP) is 0.286. The Morgan fingerprint density at radius 2 is 1.75 bits per heavy atom. The lowest BCUT2D eigenvalue weighted by atomic mass is 9.94. The number of benzene rings is 1. The molecule has 0 aromatic heterocycles. The molecule has 0 saturated heterocycles. The second kappa shape index (κ2) is 5.73. The Morgan fingerprint density at radius 1 is 1.10 bits per heavy atom. The standard InChI is InChI=1S/C14H15NO5/c1-19-13(17)11-7-9-5-3-4-6-10(9)8-15(11)12(16)14(18)20-2/h3-6,11H,7-8H2,1-2H3. The molecule has 1 heterocycles. The van der Waals surface area contributed by atoms with Crippen LogP contribution < -0.4 is 0 Å². The van der Waals surface area contributed by atoms with Crippen molar-refractivity contribution in [3.05, 3.63) is 35.4 Å². The molecule has 0 fully saturated rings. The van der Waals surface area contributed by atoms with Crippen molar-refractivity contribution in [1.29, 1.82) is 0 Å². The Labute approximate surface area is 116 Å². The predicted molar refractivity (Wildman–Crippen MR) is 68.5 cm³/mol. The van der Waals surface area contributed by atoms with Gasteiger partial charge in [-0.3, -0.25) is 4.79 Å². The summed E-state index contributed by atoms with van der Waals surface area (Å²) in [5.41, 5.74) is 1.88. The van der Waals surface area contributed by atoms with Gasteiger partial charge in [-0.05, 0) is 11.1 Å². The van der Waals surface area contributed by atoms with Crippen molar-refractivity contribution in [2.24, 2.45) is 0 Å². The third kappa shape index (κ3) is 2.49. The number of fused-ring (bicyclic) bond motifs is 1. The number of hydrogen-bond donors (Lipinski definition) is 0. The summed E-state index contributed by atoms with van der Waals surface area (Å²) >= 11 is 0. The van der Waals surface area contributed by atoms with Crippen LogP contribution in [0.15, 0.2) is 24.3 Å². The number of esters is 2. The number of hydrogen-bond acceptors (Lipinski definition) is 5. The highest BCUT2D eigenvalue weighted by Gasteiger charge is 2.38. The molecule has 0 bridgehead atoms. The zero-order valence-electron chi connectivity index (χ0n) is 11.3. The van der Waals surface area contributed by atoms with Crippen LogP contribution in [0.5, 0.6) is 0 Å². The van der Waals surface area contributed by atoms with Gasteiger partial charge in [0.15, 0.2) is 0 Å². The highest BCUT2D eigenvalue weighted by atomic mass is 16.5. The maximum Gasteiger partial charge on any atom is 0.396 e. The first-order valence-electron chi connectivity index (χ1n) is 6.12. The van der Waals surface area contributed by atoms with Crippen LogP contribution in [-0.4, -0.2) is 43.0 Å². The summed E-state index contributed by atoms with van der Waals surface area (Å²) in [5, 5.41) is 0. The van der Waals surface area contributed by atoms with Crippen LogP contribution in [0.4, 0.5) is 0 Å². The summed E-state index contributed by atoms with van der Waals surface area (Å²) in [7, 11) is 2.38. The van der Waals surface area contributed by atoms with Crippen molar-refractivity contribution in [3.8, 4) is 0 Å². The average molecular weight is 277 g/mol. The van der Waals surface area contributed by atoms with Crippen LogP contribution >= 0.6 is 0 Å². The number of methoxy groups -OCH3 is 2. The molecule has 106 valence electrons. The van der Waals surface area contributed by atoms with E-state index in [-0.39, 0.29) is 6.54 Å². The number of amides is 1. The Bertz CT molecular complexity index is 554. The SMILES string of the molecule is COC(=O)C(=O)N1Cc2ccccc2CC1C(=O)OC. The van der Waals surface area contributed by atoms with Crippen molar-refractivity contribution < 1.29 is 23.9 Å². The summed E-state index contributed by atoms with van der Waals surface area (Å²) < 4.78 is 9.15. The molecule has 6 nitrogen and oxygen atoms in total. The number of carbonyl (C=O) groups excluding carboxylic acids is 3. The minimum Gasteiger partial charge on any atom is -0.467 e. The quantitative estimate of drug-likeness (QED) is 0.545. The Morgan fingerprint density at radius 3 is 2.35 bits per heavy atom. The van der Waals surface area contributed by atoms with E-state index in [1.807, 2.05) is 24.3 Å². The number of carbonyl (C=O) groups is 3. The molecule has 0 saturated carbocycles. The van der Waals surface area contributed by atoms with Gasteiger partial charge in [-0.1, -0.05) is 24.3 Å². The first kappa shape index (κ1) is 14.0. The highest BCUT2D eigenvalue weighted by Crippen LogP contribution is 2.24. The summed E-state index contributed by atoms with van der Waals surface area (Å²) in [6, 6.07) is 6.66. The molecule has 20 heavy (non-hydrogen) atoms. The van der Waals surface area contributed by atoms with E-state index in [0.717, 1.165) is 18.2 Å². The van der Waals surface area contributed by atoms with Gasteiger partial charge in [0.2, 0.25) is 0 Å². The first-order chi connectivity index (χ1) is 9.58. The smallest absolute Gasteiger partial charge is 0.396 e. The molecular weight excluding hydrogens is 262 g/mol. The van der Waals surface area contributed by atoms with Gasteiger partial charge in [-0.2, -0.15) is 0 Å². The van der Waals surface area contributed by atoms with E-state index in [9.17, 15) is 14.4 Å². The Balaban J connectivity index is 2.35. The van der Waals surface area contributed by atoms with E-state index in [2.05, 4.69) is 4.74 Å². The molecule has 1 amide bonds. The van der Waals surface area contributed by atoms with Crippen molar-refractivity contribution in [2.75, 3.05) is 14.2 Å². The molecular formula is C14H15NO5. The second-order valence-electron chi connectivity index (χ2n) is 4.44. The van der Waals surface area contributed by atoms with Gasteiger partial charge in [0, 0.05) is 13.0 Å². The number of rotatable bonds is 1. The fraction of sp³-hybridized carbons (Fsp3) is 0.357. The monoisotopic (exact) mass is 277 g/mol. The van der Waals surface area contributed by atoms with Crippen molar-refractivity contribution >= 4 is 17.8 Å². The summed E-state index contributed by atoms with van der Waals surface area (Å²) in [5.74, 6) is -2.37. The zero-order valence-corrected chi connectivity index (χ0v) is 11.3. The third-order valence-electron chi connectivity index (χ3n) is 3.34. The van der Waals surface area contributed by atoms with Gasteiger partial charge in [0.05, 0.1) is 14.2 Å². The molecule has 1 aromatic rings. The Kier molecular flexibility index (Phi) is 4.02. The van der Waals surface area contributed by atoms with Crippen LogP contribution in [0.2, 0.25) is 0 Å². The van der Waals surface area contributed by atoms with E-state index in [1.54, 1.807) is 0 Å². The summed E-state index contributed by atoms with van der Waals surface area (Å²) in [6.45, 7) is 0.184. The molecule has 1 atom stereocenters. The normalized spacial score (nSPS) is 17.1. The van der Waals surface area contributed by atoms with Gasteiger partial charge in [0.1, 0.15) is 6.04 Å². The molecule has 1 unspecified atom stereocenters.